The van der Waals surface area contributed by atoms with Gasteiger partial charge < -0.3 is 10.6 Å². The molecule has 0 aliphatic rings. The lowest BCUT2D eigenvalue weighted by molar-refractivity contribution is -0.134. The first-order chi connectivity index (χ1) is 7.31. The molecule has 0 spiro atoms. The molecule has 2 unspecified atom stereocenters. The molecule has 94 valence electrons. The van der Waals surface area contributed by atoms with Gasteiger partial charge in [0.2, 0.25) is 5.91 Å². The fraction of sp³-hybridized carbons (Fsp3) is 0.833. The number of rotatable bonds is 6. The summed E-state index contributed by atoms with van der Waals surface area (Å²) < 4.78 is 0. The molecular formula is C12H24N2OS. The maximum atomic E-state index is 12.1. The highest BCUT2D eigenvalue weighted by Crippen LogP contribution is 2.14. The van der Waals surface area contributed by atoms with E-state index in [4.69, 9.17) is 18.0 Å². The van der Waals surface area contributed by atoms with Crippen molar-refractivity contribution in [2.75, 3.05) is 7.05 Å². The molecule has 0 aromatic rings. The van der Waals surface area contributed by atoms with Crippen LogP contribution in [0.5, 0.6) is 0 Å². The fourth-order valence-corrected chi connectivity index (χ4v) is 2.07. The summed E-state index contributed by atoms with van der Waals surface area (Å²) in [4.78, 5) is 14.2. The van der Waals surface area contributed by atoms with Crippen molar-refractivity contribution in [2.45, 2.75) is 46.6 Å². The standard InChI is InChI=1S/C12H24N2OS/c1-6-10(11(13)16)12(15)14(5)9(4)7-8(2)3/h8-10H,6-7H2,1-5H3,(H2,13,16). The highest BCUT2D eigenvalue weighted by molar-refractivity contribution is 7.80. The third kappa shape index (κ3) is 4.47. The van der Waals surface area contributed by atoms with Crippen LogP contribution in [0.4, 0.5) is 0 Å². The molecule has 0 radical (unpaired) electrons. The van der Waals surface area contributed by atoms with Gasteiger partial charge in [-0.1, -0.05) is 33.0 Å². The summed E-state index contributed by atoms with van der Waals surface area (Å²) in [5.74, 6) is 0.313. The first kappa shape index (κ1) is 15.4. The van der Waals surface area contributed by atoms with Crippen molar-refractivity contribution in [2.24, 2.45) is 17.6 Å². The van der Waals surface area contributed by atoms with Gasteiger partial charge in [-0.25, -0.2) is 0 Å². The SMILES string of the molecule is CCC(C(=O)N(C)C(C)CC(C)C)C(N)=S. The lowest BCUT2D eigenvalue weighted by Crippen LogP contribution is -2.43. The Balaban J connectivity index is 4.52. The van der Waals surface area contributed by atoms with Gasteiger partial charge in [0.1, 0.15) is 0 Å². The molecular weight excluding hydrogens is 220 g/mol. The molecule has 2 N–H and O–H groups in total. The maximum absolute atomic E-state index is 12.1. The Labute approximate surface area is 104 Å². The van der Waals surface area contributed by atoms with Crippen LogP contribution in [0.25, 0.3) is 0 Å². The van der Waals surface area contributed by atoms with Crippen molar-refractivity contribution in [3.8, 4) is 0 Å². The number of hydrogen-bond donors (Lipinski definition) is 1. The van der Waals surface area contributed by atoms with Gasteiger partial charge >= 0.3 is 0 Å². The van der Waals surface area contributed by atoms with Crippen molar-refractivity contribution in [1.29, 1.82) is 0 Å². The minimum absolute atomic E-state index is 0.0446. The topological polar surface area (TPSA) is 46.3 Å². The van der Waals surface area contributed by atoms with E-state index in [1.54, 1.807) is 4.90 Å². The van der Waals surface area contributed by atoms with Crippen molar-refractivity contribution in [3.05, 3.63) is 0 Å². The van der Waals surface area contributed by atoms with E-state index in [1.807, 2.05) is 14.0 Å². The summed E-state index contributed by atoms with van der Waals surface area (Å²) in [6.07, 6.45) is 1.67. The first-order valence-corrected chi connectivity index (χ1v) is 6.28. The number of hydrogen-bond acceptors (Lipinski definition) is 2. The van der Waals surface area contributed by atoms with Gasteiger partial charge in [0.25, 0.3) is 0 Å². The average Bonchev–Trinajstić information content (AvgIpc) is 2.15. The summed E-state index contributed by atoms with van der Waals surface area (Å²) in [7, 11) is 1.83. The Kier molecular flexibility index (Phi) is 6.56. The van der Waals surface area contributed by atoms with Gasteiger partial charge in [-0.2, -0.15) is 0 Å². The molecule has 1 amide bonds. The van der Waals surface area contributed by atoms with E-state index in [9.17, 15) is 4.79 Å². The van der Waals surface area contributed by atoms with E-state index >= 15 is 0 Å². The van der Waals surface area contributed by atoms with E-state index in [0.29, 0.717) is 17.3 Å². The normalized spacial score (nSPS) is 14.6. The Morgan fingerprint density at radius 3 is 2.19 bits per heavy atom. The van der Waals surface area contributed by atoms with E-state index in [-0.39, 0.29) is 17.9 Å². The minimum atomic E-state index is -0.311. The summed E-state index contributed by atoms with van der Waals surface area (Å²) in [5, 5.41) is 0. The zero-order valence-electron chi connectivity index (χ0n) is 11.0. The van der Waals surface area contributed by atoms with Crippen LogP contribution in [0, 0.1) is 11.8 Å². The molecule has 2 atom stereocenters. The summed E-state index contributed by atoms with van der Waals surface area (Å²) in [6.45, 7) is 8.30. The van der Waals surface area contributed by atoms with Crippen molar-refractivity contribution >= 4 is 23.1 Å². The number of nitrogens with zero attached hydrogens (tertiary/aromatic N) is 1. The summed E-state index contributed by atoms with van der Waals surface area (Å²) in [6, 6.07) is 0.232. The molecule has 3 nitrogen and oxygen atoms in total. The van der Waals surface area contributed by atoms with Crippen LogP contribution in [0.3, 0.4) is 0 Å². The predicted octanol–water partition coefficient (Wildman–Crippen LogP) is 2.19. The highest BCUT2D eigenvalue weighted by Gasteiger charge is 2.25. The van der Waals surface area contributed by atoms with Crippen LogP contribution in [-0.4, -0.2) is 28.9 Å². The largest absolute Gasteiger partial charge is 0.393 e. The van der Waals surface area contributed by atoms with Gasteiger partial charge in [0, 0.05) is 13.1 Å². The van der Waals surface area contributed by atoms with Gasteiger partial charge in [0.05, 0.1) is 10.9 Å². The molecule has 0 rings (SSSR count). The molecule has 0 aromatic carbocycles. The molecule has 0 aromatic heterocycles. The fourth-order valence-electron chi connectivity index (χ4n) is 1.80. The number of carbonyl (C=O) groups is 1. The molecule has 0 saturated carbocycles. The van der Waals surface area contributed by atoms with Crippen LogP contribution >= 0.6 is 12.2 Å². The van der Waals surface area contributed by atoms with E-state index in [2.05, 4.69) is 20.8 Å². The van der Waals surface area contributed by atoms with E-state index in [1.165, 1.54) is 0 Å². The Bertz CT molecular complexity index is 253. The Morgan fingerprint density at radius 1 is 1.38 bits per heavy atom. The number of carbonyl (C=O) groups excluding carboxylic acids is 1. The zero-order chi connectivity index (χ0) is 12.9. The Hall–Kier alpha value is -0.640. The number of nitrogens with two attached hydrogens (primary N) is 1. The third-order valence-corrected chi connectivity index (χ3v) is 3.16. The maximum Gasteiger partial charge on any atom is 0.232 e. The van der Waals surface area contributed by atoms with Gasteiger partial charge in [-0.3, -0.25) is 4.79 Å². The monoisotopic (exact) mass is 244 g/mol. The van der Waals surface area contributed by atoms with Crippen LogP contribution in [0.2, 0.25) is 0 Å². The minimum Gasteiger partial charge on any atom is -0.393 e. The van der Waals surface area contributed by atoms with E-state index < -0.39 is 0 Å². The number of amides is 1. The second kappa shape index (κ2) is 6.84. The smallest absolute Gasteiger partial charge is 0.232 e. The molecule has 16 heavy (non-hydrogen) atoms. The zero-order valence-corrected chi connectivity index (χ0v) is 11.8. The van der Waals surface area contributed by atoms with Crippen LogP contribution in [0.1, 0.15) is 40.5 Å². The van der Waals surface area contributed by atoms with Gasteiger partial charge in [-0.05, 0) is 25.7 Å². The molecule has 0 heterocycles. The molecule has 0 fully saturated rings. The van der Waals surface area contributed by atoms with Crippen LogP contribution in [0.15, 0.2) is 0 Å². The van der Waals surface area contributed by atoms with Gasteiger partial charge in [0.15, 0.2) is 0 Å². The Morgan fingerprint density at radius 2 is 1.88 bits per heavy atom. The first-order valence-electron chi connectivity index (χ1n) is 5.87. The summed E-state index contributed by atoms with van der Waals surface area (Å²) in [5.41, 5.74) is 5.57. The third-order valence-electron chi connectivity index (χ3n) is 2.87. The molecule has 4 heteroatoms. The quantitative estimate of drug-likeness (QED) is 0.729. The van der Waals surface area contributed by atoms with Crippen LogP contribution < -0.4 is 5.73 Å². The predicted molar refractivity (Wildman–Crippen MR) is 72.3 cm³/mol. The second-order valence-corrected chi connectivity index (χ2v) is 5.26. The van der Waals surface area contributed by atoms with Crippen LogP contribution in [-0.2, 0) is 4.79 Å². The van der Waals surface area contributed by atoms with Crippen molar-refractivity contribution in [3.63, 3.8) is 0 Å². The number of thiocarbonyl (C=S) groups is 1. The summed E-state index contributed by atoms with van der Waals surface area (Å²) >= 11 is 4.92. The van der Waals surface area contributed by atoms with E-state index in [0.717, 1.165) is 6.42 Å². The van der Waals surface area contributed by atoms with Gasteiger partial charge in [-0.15, -0.1) is 0 Å². The molecule has 0 aliphatic carbocycles. The molecule has 0 bridgehead atoms. The second-order valence-electron chi connectivity index (χ2n) is 4.79. The molecule has 0 aliphatic heterocycles. The van der Waals surface area contributed by atoms with Crippen molar-refractivity contribution in [1.82, 2.24) is 4.90 Å². The average molecular weight is 244 g/mol. The lowest BCUT2D eigenvalue weighted by Gasteiger charge is -2.29. The molecule has 0 saturated heterocycles. The lowest BCUT2D eigenvalue weighted by atomic mass is 10.0. The highest BCUT2D eigenvalue weighted by atomic mass is 32.1. The van der Waals surface area contributed by atoms with Crippen molar-refractivity contribution < 1.29 is 4.79 Å².